The standard InChI is InChI=1S/C27H26BF2N7/c1-26(2,3)15-32-24-20-12-18(8-11-22(20)33-25(30)21(24)13-31)34-27(28,16-4-6-17(29)7-5-16)23-14-37(36-35-23)19-9-10-19/h4-8,11-12,14,19,34H,9-10,15H2,1-3H3,(H,32,33). The third-order valence-electron chi connectivity index (χ3n) is 6.32. The first kappa shape index (κ1) is 24.7. The van der Waals surface area contributed by atoms with E-state index in [1.807, 2.05) is 26.8 Å². The number of rotatable bonds is 7. The van der Waals surface area contributed by atoms with Crippen LogP contribution in [0.15, 0.2) is 48.7 Å². The lowest BCUT2D eigenvalue weighted by Gasteiger charge is -2.31. The number of nitrogens with zero attached hydrogens (tertiary/aromatic N) is 5. The summed E-state index contributed by atoms with van der Waals surface area (Å²) in [6, 6.07) is 13.3. The maximum absolute atomic E-state index is 14.7. The van der Waals surface area contributed by atoms with E-state index in [9.17, 15) is 14.0 Å². The fraction of sp³-hybridized carbons (Fsp3) is 0.333. The van der Waals surface area contributed by atoms with E-state index in [0.29, 0.717) is 46.1 Å². The summed E-state index contributed by atoms with van der Waals surface area (Å²) in [7, 11) is 6.94. The van der Waals surface area contributed by atoms with Crippen LogP contribution in [0.5, 0.6) is 0 Å². The molecule has 0 bridgehead atoms. The van der Waals surface area contributed by atoms with E-state index in [1.165, 1.54) is 12.1 Å². The van der Waals surface area contributed by atoms with Crippen molar-refractivity contribution in [2.75, 3.05) is 17.2 Å². The van der Waals surface area contributed by atoms with Crippen molar-refractivity contribution < 1.29 is 8.78 Å². The number of anilines is 2. The molecule has 10 heteroatoms. The number of aromatic nitrogens is 4. The van der Waals surface area contributed by atoms with E-state index in [4.69, 9.17) is 7.85 Å². The van der Waals surface area contributed by atoms with Gasteiger partial charge in [0.25, 0.3) is 0 Å². The van der Waals surface area contributed by atoms with Crippen molar-refractivity contribution in [3.8, 4) is 6.07 Å². The van der Waals surface area contributed by atoms with Crippen molar-refractivity contribution in [3.63, 3.8) is 0 Å². The predicted molar refractivity (Wildman–Crippen MR) is 139 cm³/mol. The highest BCUT2D eigenvalue weighted by molar-refractivity contribution is 6.19. The van der Waals surface area contributed by atoms with Gasteiger partial charge in [-0.1, -0.05) is 38.1 Å². The van der Waals surface area contributed by atoms with Crippen molar-refractivity contribution in [3.05, 3.63) is 77.2 Å². The number of hydrogen-bond donors (Lipinski definition) is 2. The molecule has 2 radical (unpaired) electrons. The summed E-state index contributed by atoms with van der Waals surface area (Å²) in [6.07, 6.45) is 3.87. The Hall–Kier alpha value is -4.00. The molecule has 7 nitrogen and oxygen atoms in total. The van der Waals surface area contributed by atoms with E-state index in [1.54, 1.807) is 41.2 Å². The van der Waals surface area contributed by atoms with Crippen molar-refractivity contribution in [2.24, 2.45) is 5.41 Å². The van der Waals surface area contributed by atoms with Crippen LogP contribution in [0.4, 0.5) is 20.2 Å². The van der Waals surface area contributed by atoms with Gasteiger partial charge in [0.05, 0.1) is 28.9 Å². The Balaban J connectivity index is 1.60. The maximum Gasteiger partial charge on any atom is 0.233 e. The minimum absolute atomic E-state index is 0.114. The first-order valence-electron chi connectivity index (χ1n) is 12.1. The Morgan fingerprint density at radius 2 is 1.86 bits per heavy atom. The third kappa shape index (κ3) is 4.99. The number of hydrogen-bond acceptors (Lipinski definition) is 6. The predicted octanol–water partition coefficient (Wildman–Crippen LogP) is 5.25. The van der Waals surface area contributed by atoms with Gasteiger partial charge in [-0.25, -0.2) is 14.1 Å². The lowest BCUT2D eigenvalue weighted by molar-refractivity contribution is 0.443. The monoisotopic (exact) mass is 497 g/mol. The lowest BCUT2D eigenvalue weighted by atomic mass is 9.69. The highest BCUT2D eigenvalue weighted by Gasteiger charge is 2.34. The largest absolute Gasteiger partial charge is 0.383 e. The van der Waals surface area contributed by atoms with E-state index < -0.39 is 11.4 Å². The highest BCUT2D eigenvalue weighted by atomic mass is 19.1. The molecule has 0 saturated heterocycles. The van der Waals surface area contributed by atoms with E-state index in [0.717, 1.165) is 12.8 Å². The van der Waals surface area contributed by atoms with Crippen LogP contribution in [0.1, 0.15) is 56.5 Å². The molecule has 2 N–H and O–H groups in total. The number of nitrogens with one attached hydrogen (secondary N) is 2. The van der Waals surface area contributed by atoms with Crippen LogP contribution in [0.3, 0.4) is 0 Å². The van der Waals surface area contributed by atoms with Gasteiger partial charge < -0.3 is 10.6 Å². The van der Waals surface area contributed by atoms with Gasteiger partial charge >= 0.3 is 0 Å². The zero-order valence-corrected chi connectivity index (χ0v) is 20.9. The Labute approximate surface area is 215 Å². The molecule has 0 amide bonds. The maximum atomic E-state index is 14.7. The Bertz CT molecular complexity index is 1500. The topological polar surface area (TPSA) is 91.5 Å². The fourth-order valence-electron chi connectivity index (χ4n) is 4.15. The van der Waals surface area contributed by atoms with Gasteiger partial charge in [-0.05, 0) is 54.2 Å². The number of halogens is 2. The summed E-state index contributed by atoms with van der Waals surface area (Å²) in [4.78, 5) is 3.99. The van der Waals surface area contributed by atoms with Gasteiger partial charge in [0.1, 0.15) is 31.0 Å². The molecule has 1 atom stereocenters. The molecule has 37 heavy (non-hydrogen) atoms. The summed E-state index contributed by atoms with van der Waals surface area (Å²) < 4.78 is 30.2. The second kappa shape index (κ2) is 9.14. The van der Waals surface area contributed by atoms with Crippen LogP contribution in [-0.2, 0) is 5.44 Å². The minimum Gasteiger partial charge on any atom is -0.383 e. The van der Waals surface area contributed by atoms with Gasteiger partial charge in [-0.3, -0.25) is 0 Å². The highest BCUT2D eigenvalue weighted by Crippen LogP contribution is 2.37. The van der Waals surface area contributed by atoms with E-state index >= 15 is 0 Å². The molecular formula is C27H26BF2N7. The third-order valence-corrected chi connectivity index (χ3v) is 6.32. The Morgan fingerprint density at radius 1 is 1.14 bits per heavy atom. The molecule has 2 heterocycles. The molecule has 0 aliphatic heterocycles. The average molecular weight is 497 g/mol. The number of nitriles is 1. The second-order valence-electron chi connectivity index (χ2n) is 10.7. The SMILES string of the molecule is [B]C(Nc1ccc2nc(F)c(C#N)c(NCC(C)(C)C)c2c1)(c1ccc(F)cc1)c1cn(C2CC2)nn1. The van der Waals surface area contributed by atoms with Crippen LogP contribution in [0.2, 0.25) is 0 Å². The molecule has 5 rings (SSSR count). The molecule has 1 saturated carbocycles. The molecule has 2 aromatic carbocycles. The summed E-state index contributed by atoms with van der Waals surface area (Å²) in [6.45, 7) is 6.63. The Kier molecular flexibility index (Phi) is 6.10. The van der Waals surface area contributed by atoms with Crippen LogP contribution < -0.4 is 10.6 Å². The lowest BCUT2D eigenvalue weighted by Crippen LogP contribution is -2.37. The fourth-order valence-corrected chi connectivity index (χ4v) is 4.15. The normalized spacial score (nSPS) is 15.2. The molecule has 186 valence electrons. The van der Waals surface area contributed by atoms with Gasteiger partial charge in [-0.15, -0.1) is 5.10 Å². The first-order valence-corrected chi connectivity index (χ1v) is 12.1. The van der Waals surface area contributed by atoms with Crippen LogP contribution in [0.25, 0.3) is 10.9 Å². The summed E-state index contributed by atoms with van der Waals surface area (Å²) in [5.41, 5.74) is 0.770. The number of benzene rings is 2. The van der Waals surface area contributed by atoms with Crippen LogP contribution in [0, 0.1) is 28.5 Å². The summed E-state index contributed by atoms with van der Waals surface area (Å²) >= 11 is 0. The molecule has 2 aromatic heterocycles. The smallest absolute Gasteiger partial charge is 0.233 e. The van der Waals surface area contributed by atoms with Crippen molar-refractivity contribution in [2.45, 2.75) is 45.1 Å². The van der Waals surface area contributed by atoms with Gasteiger partial charge in [-0.2, -0.15) is 9.65 Å². The molecule has 1 unspecified atom stereocenters. The van der Waals surface area contributed by atoms with Crippen LogP contribution >= 0.6 is 0 Å². The van der Waals surface area contributed by atoms with Crippen molar-refractivity contribution in [1.82, 2.24) is 20.0 Å². The van der Waals surface area contributed by atoms with Crippen LogP contribution in [-0.4, -0.2) is 34.4 Å². The summed E-state index contributed by atoms with van der Waals surface area (Å²) in [5.74, 6) is -1.21. The first-order chi connectivity index (χ1) is 17.6. The van der Waals surface area contributed by atoms with Crippen molar-refractivity contribution in [1.29, 1.82) is 5.26 Å². The van der Waals surface area contributed by atoms with Crippen molar-refractivity contribution >= 4 is 30.1 Å². The van der Waals surface area contributed by atoms with E-state index in [2.05, 4.69) is 25.9 Å². The molecule has 0 spiro atoms. The Morgan fingerprint density at radius 3 is 2.51 bits per heavy atom. The summed E-state index contributed by atoms with van der Waals surface area (Å²) in [5, 5.41) is 25.4. The average Bonchev–Trinajstić information content (AvgIpc) is 3.58. The number of pyridine rings is 1. The molecule has 1 fully saturated rings. The van der Waals surface area contributed by atoms with Gasteiger partial charge in [0.15, 0.2) is 0 Å². The second-order valence-corrected chi connectivity index (χ2v) is 10.7. The zero-order valence-electron chi connectivity index (χ0n) is 20.9. The van der Waals surface area contributed by atoms with Gasteiger partial charge in [0.2, 0.25) is 5.95 Å². The number of fused-ring (bicyclic) bond motifs is 1. The zero-order chi connectivity index (χ0) is 26.4. The molecular weight excluding hydrogens is 471 g/mol. The molecule has 1 aliphatic carbocycles. The van der Waals surface area contributed by atoms with Gasteiger partial charge in [0, 0.05) is 17.6 Å². The van der Waals surface area contributed by atoms with E-state index in [-0.39, 0.29) is 16.8 Å². The molecule has 4 aromatic rings. The minimum atomic E-state index is -1.35. The molecule has 1 aliphatic rings. The quantitative estimate of drug-likeness (QED) is 0.268.